The maximum absolute atomic E-state index is 13.1. The zero-order chi connectivity index (χ0) is 23.9. The molecule has 2 atom stereocenters. The molecule has 1 aliphatic rings. The summed E-state index contributed by atoms with van der Waals surface area (Å²) in [6.45, 7) is 11.6. The Labute approximate surface area is 194 Å². The molecule has 1 amide bonds. The van der Waals surface area contributed by atoms with Crippen LogP contribution in [0.4, 0.5) is 0 Å². The Morgan fingerprint density at radius 2 is 1.88 bits per heavy atom. The van der Waals surface area contributed by atoms with E-state index in [1.54, 1.807) is 30.3 Å². The van der Waals surface area contributed by atoms with Gasteiger partial charge in [0.2, 0.25) is 15.9 Å². The normalized spacial score (nSPS) is 19.3. The summed E-state index contributed by atoms with van der Waals surface area (Å²) >= 11 is 0. The third-order valence-corrected chi connectivity index (χ3v) is 7.40. The molecule has 1 unspecified atom stereocenters. The molecular formula is C24H41N3O4S. The van der Waals surface area contributed by atoms with Crippen molar-refractivity contribution in [2.75, 3.05) is 26.2 Å². The Hall–Kier alpha value is -1.48. The predicted octanol–water partition coefficient (Wildman–Crippen LogP) is 2.85. The number of carbonyl (C=O) groups excluding carboxylic acids is 1. The molecule has 1 aromatic rings. The van der Waals surface area contributed by atoms with E-state index in [1.165, 1.54) is 4.31 Å². The second-order valence-corrected chi connectivity index (χ2v) is 12.2. The van der Waals surface area contributed by atoms with Gasteiger partial charge in [-0.15, -0.1) is 0 Å². The highest BCUT2D eigenvalue weighted by molar-refractivity contribution is 7.89. The topological polar surface area (TPSA) is 89.9 Å². The summed E-state index contributed by atoms with van der Waals surface area (Å²) in [4.78, 5) is 15.1. The Kier molecular flexibility index (Phi) is 9.69. The molecule has 1 aromatic carbocycles. The number of benzene rings is 1. The Bertz CT molecular complexity index is 821. The van der Waals surface area contributed by atoms with Crippen molar-refractivity contribution in [1.29, 1.82) is 0 Å². The molecule has 0 spiro atoms. The van der Waals surface area contributed by atoms with Gasteiger partial charge in [0.15, 0.2) is 0 Å². The number of hydrogen-bond donors (Lipinski definition) is 2. The fourth-order valence-corrected chi connectivity index (χ4v) is 5.71. The van der Waals surface area contributed by atoms with E-state index in [9.17, 15) is 18.3 Å². The quantitative estimate of drug-likeness (QED) is 0.552. The lowest BCUT2D eigenvalue weighted by atomic mass is 9.99. The summed E-state index contributed by atoms with van der Waals surface area (Å²) in [5, 5.41) is 13.8. The van der Waals surface area contributed by atoms with Gasteiger partial charge in [0.05, 0.1) is 17.0 Å². The second-order valence-electron chi connectivity index (χ2n) is 10.3. The number of carbonyl (C=O) groups is 1. The van der Waals surface area contributed by atoms with Crippen LogP contribution < -0.4 is 5.32 Å². The molecule has 2 N–H and O–H groups in total. The van der Waals surface area contributed by atoms with E-state index in [0.717, 1.165) is 25.8 Å². The molecule has 1 saturated heterocycles. The van der Waals surface area contributed by atoms with Crippen LogP contribution in [0, 0.1) is 5.92 Å². The van der Waals surface area contributed by atoms with Crippen molar-refractivity contribution in [3.63, 3.8) is 0 Å². The van der Waals surface area contributed by atoms with Crippen LogP contribution in [-0.2, 0) is 14.8 Å². The van der Waals surface area contributed by atoms with E-state index in [-0.39, 0.29) is 34.8 Å². The number of aliphatic hydroxyl groups excluding tert-OH is 1. The van der Waals surface area contributed by atoms with Crippen LogP contribution >= 0.6 is 0 Å². The van der Waals surface area contributed by atoms with E-state index in [1.807, 2.05) is 39.5 Å². The van der Waals surface area contributed by atoms with Crippen molar-refractivity contribution in [2.45, 2.75) is 82.9 Å². The summed E-state index contributed by atoms with van der Waals surface area (Å²) < 4.78 is 27.7. The van der Waals surface area contributed by atoms with Gasteiger partial charge in [-0.05, 0) is 64.6 Å². The van der Waals surface area contributed by atoms with Crippen LogP contribution in [0.2, 0.25) is 0 Å². The SMILES string of the molecule is CC(C)CN(CCC(O)CN1CCCC[C@H]1C(=O)NC(C)(C)C)S(=O)(=O)c1ccccc1. The summed E-state index contributed by atoms with van der Waals surface area (Å²) in [5.41, 5.74) is -0.304. The lowest BCUT2D eigenvalue weighted by molar-refractivity contribution is -0.129. The first kappa shape index (κ1) is 26.8. The Morgan fingerprint density at radius 3 is 2.47 bits per heavy atom. The zero-order valence-corrected chi connectivity index (χ0v) is 21.1. The largest absolute Gasteiger partial charge is 0.392 e. The Morgan fingerprint density at radius 1 is 1.22 bits per heavy atom. The number of piperidine rings is 1. The third-order valence-electron chi connectivity index (χ3n) is 5.52. The molecule has 0 radical (unpaired) electrons. The number of rotatable bonds is 10. The molecule has 1 fully saturated rings. The summed E-state index contributed by atoms with van der Waals surface area (Å²) in [6, 6.07) is 8.18. The molecule has 1 heterocycles. The smallest absolute Gasteiger partial charge is 0.243 e. The lowest BCUT2D eigenvalue weighted by Gasteiger charge is -2.37. The van der Waals surface area contributed by atoms with Gasteiger partial charge in [-0.1, -0.05) is 38.5 Å². The van der Waals surface area contributed by atoms with E-state index in [0.29, 0.717) is 19.5 Å². The number of likely N-dealkylation sites (tertiary alicyclic amines) is 1. The van der Waals surface area contributed by atoms with Crippen molar-refractivity contribution in [3.05, 3.63) is 30.3 Å². The maximum atomic E-state index is 13.1. The highest BCUT2D eigenvalue weighted by atomic mass is 32.2. The standard InChI is InChI=1S/C24H41N3O4S/c1-19(2)17-27(32(30,31)21-11-7-6-8-12-21)16-14-20(28)18-26-15-10-9-13-22(26)23(29)25-24(3,4)5/h6-8,11-12,19-20,22,28H,9-10,13-18H2,1-5H3,(H,25,29)/t20?,22-/m0/s1. The molecule has 0 aliphatic carbocycles. The van der Waals surface area contributed by atoms with Crippen molar-refractivity contribution < 1.29 is 18.3 Å². The fraction of sp³-hybridized carbons (Fsp3) is 0.708. The van der Waals surface area contributed by atoms with Gasteiger partial charge >= 0.3 is 0 Å². The van der Waals surface area contributed by atoms with E-state index in [4.69, 9.17) is 0 Å². The van der Waals surface area contributed by atoms with Crippen LogP contribution in [0.5, 0.6) is 0 Å². The molecule has 182 valence electrons. The average molecular weight is 468 g/mol. The van der Waals surface area contributed by atoms with Crippen molar-refractivity contribution in [3.8, 4) is 0 Å². The number of aliphatic hydroxyl groups is 1. The van der Waals surface area contributed by atoms with Crippen molar-refractivity contribution in [2.24, 2.45) is 5.92 Å². The first-order valence-corrected chi connectivity index (χ1v) is 13.1. The van der Waals surface area contributed by atoms with Crippen molar-refractivity contribution >= 4 is 15.9 Å². The van der Waals surface area contributed by atoms with E-state index < -0.39 is 16.1 Å². The van der Waals surface area contributed by atoms with Gasteiger partial charge in [0.25, 0.3) is 0 Å². The van der Waals surface area contributed by atoms with Gasteiger partial charge in [-0.2, -0.15) is 4.31 Å². The molecule has 0 bridgehead atoms. The van der Waals surface area contributed by atoms with Crippen LogP contribution in [0.15, 0.2) is 35.2 Å². The van der Waals surface area contributed by atoms with Crippen LogP contribution in [0.1, 0.15) is 60.3 Å². The number of hydrogen-bond acceptors (Lipinski definition) is 5. The van der Waals surface area contributed by atoms with Gasteiger partial charge in [-0.25, -0.2) is 8.42 Å². The third kappa shape index (κ3) is 8.14. The molecule has 8 heteroatoms. The molecule has 2 rings (SSSR count). The zero-order valence-electron chi connectivity index (χ0n) is 20.3. The van der Waals surface area contributed by atoms with Gasteiger partial charge < -0.3 is 10.4 Å². The second kappa shape index (κ2) is 11.6. The lowest BCUT2D eigenvalue weighted by Crippen LogP contribution is -2.55. The minimum absolute atomic E-state index is 0.00232. The van der Waals surface area contributed by atoms with Crippen LogP contribution in [-0.4, -0.2) is 72.5 Å². The molecular weight excluding hydrogens is 426 g/mol. The highest BCUT2D eigenvalue weighted by Crippen LogP contribution is 2.21. The Balaban J connectivity index is 2.02. The van der Waals surface area contributed by atoms with Crippen LogP contribution in [0.3, 0.4) is 0 Å². The minimum atomic E-state index is -3.62. The van der Waals surface area contributed by atoms with E-state index >= 15 is 0 Å². The molecule has 7 nitrogen and oxygen atoms in total. The summed E-state index contributed by atoms with van der Waals surface area (Å²) in [5.74, 6) is 0.163. The van der Waals surface area contributed by atoms with Gasteiger partial charge in [0, 0.05) is 25.2 Å². The number of nitrogens with one attached hydrogen (secondary N) is 1. The first-order chi connectivity index (χ1) is 14.9. The number of sulfonamides is 1. The predicted molar refractivity (Wildman–Crippen MR) is 128 cm³/mol. The monoisotopic (exact) mass is 467 g/mol. The van der Waals surface area contributed by atoms with Crippen molar-refractivity contribution in [1.82, 2.24) is 14.5 Å². The molecule has 0 aromatic heterocycles. The molecule has 0 saturated carbocycles. The first-order valence-electron chi connectivity index (χ1n) is 11.7. The highest BCUT2D eigenvalue weighted by Gasteiger charge is 2.32. The number of β-amino-alcohol motifs (C(OH)–C–C–N with tert-alkyl or cyclic N) is 1. The summed E-state index contributed by atoms with van der Waals surface area (Å²) in [6.07, 6.45) is 2.37. The maximum Gasteiger partial charge on any atom is 0.243 e. The van der Waals surface area contributed by atoms with Crippen LogP contribution in [0.25, 0.3) is 0 Å². The summed E-state index contributed by atoms with van der Waals surface area (Å²) in [7, 11) is -3.62. The number of amides is 1. The van der Waals surface area contributed by atoms with Gasteiger partial charge in [0.1, 0.15) is 0 Å². The van der Waals surface area contributed by atoms with E-state index in [2.05, 4.69) is 5.32 Å². The minimum Gasteiger partial charge on any atom is -0.392 e. The van der Waals surface area contributed by atoms with Gasteiger partial charge in [-0.3, -0.25) is 9.69 Å². The molecule has 32 heavy (non-hydrogen) atoms. The average Bonchev–Trinajstić information content (AvgIpc) is 2.70. The molecule has 1 aliphatic heterocycles. The number of nitrogens with zero attached hydrogens (tertiary/aromatic N) is 2. The fourth-order valence-electron chi connectivity index (χ4n) is 4.07.